The van der Waals surface area contributed by atoms with Gasteiger partial charge in [-0.2, -0.15) is 0 Å². The molecule has 0 saturated carbocycles. The molecule has 1 heterocycles. The summed E-state index contributed by atoms with van der Waals surface area (Å²) in [6, 6.07) is 17.5. The summed E-state index contributed by atoms with van der Waals surface area (Å²) < 4.78 is 6.39. The topological polar surface area (TPSA) is 73.2 Å². The molecular formula is C23H27N3O3. The summed E-state index contributed by atoms with van der Waals surface area (Å²) in [7, 11) is 1.37. The number of rotatable bonds is 9. The average Bonchev–Trinajstić information content (AvgIpc) is 2.75. The molecule has 6 heteroatoms. The number of fused-ring (bicyclic) bond motifs is 1. The van der Waals surface area contributed by atoms with Crippen LogP contribution in [0.5, 0.6) is 0 Å². The number of carbonyl (C=O) groups is 1. The molecule has 1 N–H and O–H groups in total. The van der Waals surface area contributed by atoms with Gasteiger partial charge in [0.1, 0.15) is 5.82 Å². The largest absolute Gasteiger partial charge is 0.469 e. The summed E-state index contributed by atoms with van der Waals surface area (Å²) >= 11 is 0. The second-order valence-electron chi connectivity index (χ2n) is 7.04. The maximum atomic E-state index is 13.1. The standard InChI is InChI=1S/C23H27N3O3/c1-17(24-15-14-18-9-4-3-5-10-18)22-25-20-12-7-6-11-19(20)23(28)26(22)16-8-13-21(27)29-2/h3-7,9-12,17,24H,8,13-16H2,1-2H3/t17-/m0/s1. The van der Waals surface area contributed by atoms with E-state index in [-0.39, 0.29) is 24.0 Å². The minimum Gasteiger partial charge on any atom is -0.469 e. The summed E-state index contributed by atoms with van der Waals surface area (Å²) in [5.74, 6) is 0.411. The van der Waals surface area contributed by atoms with Gasteiger partial charge in [0.05, 0.1) is 24.1 Å². The highest BCUT2D eigenvalue weighted by atomic mass is 16.5. The fraction of sp³-hybridized carbons (Fsp3) is 0.348. The van der Waals surface area contributed by atoms with Crippen LogP contribution in [-0.2, 0) is 22.5 Å². The van der Waals surface area contributed by atoms with Crippen LogP contribution in [0.15, 0.2) is 59.4 Å². The number of para-hydroxylation sites is 1. The zero-order chi connectivity index (χ0) is 20.6. The molecular weight excluding hydrogens is 366 g/mol. The number of methoxy groups -OCH3 is 1. The highest BCUT2D eigenvalue weighted by Crippen LogP contribution is 2.15. The van der Waals surface area contributed by atoms with Crippen molar-refractivity contribution in [2.75, 3.05) is 13.7 Å². The van der Waals surface area contributed by atoms with Crippen LogP contribution < -0.4 is 10.9 Å². The Morgan fingerprint density at radius 3 is 2.62 bits per heavy atom. The predicted octanol–water partition coefficient (Wildman–Crippen LogP) is 3.24. The van der Waals surface area contributed by atoms with Crippen molar-refractivity contribution in [1.82, 2.24) is 14.9 Å². The summed E-state index contributed by atoms with van der Waals surface area (Å²) in [5.41, 5.74) is 1.87. The molecule has 0 spiro atoms. The minimum absolute atomic E-state index is 0.0767. The van der Waals surface area contributed by atoms with Gasteiger partial charge in [0.2, 0.25) is 0 Å². The first kappa shape index (κ1) is 20.7. The maximum Gasteiger partial charge on any atom is 0.305 e. The van der Waals surface area contributed by atoms with Crippen LogP contribution in [0, 0.1) is 0 Å². The van der Waals surface area contributed by atoms with Gasteiger partial charge >= 0.3 is 5.97 Å². The third kappa shape index (κ3) is 5.29. The predicted molar refractivity (Wildman–Crippen MR) is 114 cm³/mol. The Kier molecular flexibility index (Phi) is 7.14. The molecule has 0 aliphatic heterocycles. The van der Waals surface area contributed by atoms with E-state index in [4.69, 9.17) is 9.72 Å². The lowest BCUT2D eigenvalue weighted by Crippen LogP contribution is -2.32. The molecule has 0 radical (unpaired) electrons. The van der Waals surface area contributed by atoms with E-state index < -0.39 is 0 Å². The molecule has 0 fully saturated rings. The van der Waals surface area contributed by atoms with Gasteiger partial charge in [0, 0.05) is 13.0 Å². The summed E-state index contributed by atoms with van der Waals surface area (Å²) in [5, 5.41) is 4.06. The molecule has 2 aromatic carbocycles. The van der Waals surface area contributed by atoms with Crippen LogP contribution in [0.4, 0.5) is 0 Å². The van der Waals surface area contributed by atoms with E-state index in [1.165, 1.54) is 12.7 Å². The summed E-state index contributed by atoms with van der Waals surface area (Å²) in [6.45, 7) is 3.21. The molecule has 1 aromatic heterocycles. The lowest BCUT2D eigenvalue weighted by atomic mass is 10.1. The highest BCUT2D eigenvalue weighted by molar-refractivity contribution is 5.77. The van der Waals surface area contributed by atoms with E-state index in [2.05, 4.69) is 17.4 Å². The molecule has 1 atom stereocenters. The average molecular weight is 393 g/mol. The highest BCUT2D eigenvalue weighted by Gasteiger charge is 2.16. The normalized spacial score (nSPS) is 12.1. The lowest BCUT2D eigenvalue weighted by molar-refractivity contribution is -0.140. The Bertz CT molecular complexity index is 1010. The first-order valence-electron chi connectivity index (χ1n) is 9.93. The number of aromatic nitrogens is 2. The molecule has 0 bridgehead atoms. The van der Waals surface area contributed by atoms with Crippen molar-refractivity contribution < 1.29 is 9.53 Å². The fourth-order valence-corrected chi connectivity index (χ4v) is 3.38. The molecule has 3 aromatic rings. The third-order valence-corrected chi connectivity index (χ3v) is 4.98. The van der Waals surface area contributed by atoms with Crippen LogP contribution in [0.2, 0.25) is 0 Å². The van der Waals surface area contributed by atoms with Crippen LogP contribution in [0.25, 0.3) is 10.9 Å². The van der Waals surface area contributed by atoms with Crippen LogP contribution >= 0.6 is 0 Å². The molecule has 0 saturated heterocycles. The Labute approximate surface area is 170 Å². The second kappa shape index (κ2) is 9.98. The van der Waals surface area contributed by atoms with Crippen LogP contribution in [0.3, 0.4) is 0 Å². The van der Waals surface area contributed by atoms with E-state index >= 15 is 0 Å². The molecule has 0 aliphatic rings. The number of nitrogens with one attached hydrogen (secondary N) is 1. The quantitative estimate of drug-likeness (QED) is 0.565. The number of nitrogens with zero attached hydrogens (tertiary/aromatic N) is 2. The second-order valence-corrected chi connectivity index (χ2v) is 7.04. The summed E-state index contributed by atoms with van der Waals surface area (Å²) in [4.78, 5) is 29.3. The molecule has 29 heavy (non-hydrogen) atoms. The van der Waals surface area contributed by atoms with Crippen LogP contribution in [0.1, 0.15) is 37.2 Å². The van der Waals surface area contributed by atoms with Crippen molar-refractivity contribution in [2.24, 2.45) is 0 Å². The molecule has 3 rings (SSSR count). The first-order valence-corrected chi connectivity index (χ1v) is 9.93. The van der Waals surface area contributed by atoms with Gasteiger partial charge in [-0.25, -0.2) is 4.98 Å². The van der Waals surface area contributed by atoms with Gasteiger partial charge < -0.3 is 10.1 Å². The van der Waals surface area contributed by atoms with Gasteiger partial charge in [-0.15, -0.1) is 0 Å². The van der Waals surface area contributed by atoms with Gasteiger partial charge in [-0.3, -0.25) is 14.2 Å². The zero-order valence-electron chi connectivity index (χ0n) is 16.9. The van der Waals surface area contributed by atoms with Crippen molar-refractivity contribution in [2.45, 2.75) is 38.8 Å². The fourth-order valence-electron chi connectivity index (χ4n) is 3.38. The third-order valence-electron chi connectivity index (χ3n) is 4.98. The van der Waals surface area contributed by atoms with Gasteiger partial charge in [-0.1, -0.05) is 42.5 Å². The SMILES string of the molecule is COC(=O)CCCn1c([C@H](C)NCCc2ccccc2)nc2ccccc2c1=O. The smallest absolute Gasteiger partial charge is 0.305 e. The van der Waals surface area contributed by atoms with Gasteiger partial charge in [-0.05, 0) is 44.0 Å². The monoisotopic (exact) mass is 393 g/mol. The first-order chi connectivity index (χ1) is 14.1. The Hall–Kier alpha value is -2.99. The van der Waals surface area contributed by atoms with Crippen molar-refractivity contribution in [3.05, 3.63) is 76.3 Å². The van der Waals surface area contributed by atoms with Gasteiger partial charge in [0.15, 0.2) is 0 Å². The Morgan fingerprint density at radius 1 is 1.14 bits per heavy atom. The van der Waals surface area contributed by atoms with E-state index in [1.54, 1.807) is 10.6 Å². The van der Waals surface area contributed by atoms with Crippen LogP contribution in [-0.4, -0.2) is 29.2 Å². The number of hydrogen-bond acceptors (Lipinski definition) is 5. The Morgan fingerprint density at radius 2 is 1.86 bits per heavy atom. The van der Waals surface area contributed by atoms with Gasteiger partial charge in [0.25, 0.3) is 5.56 Å². The summed E-state index contributed by atoms with van der Waals surface area (Å²) in [6.07, 6.45) is 1.69. The minimum atomic E-state index is -0.276. The maximum absolute atomic E-state index is 13.1. The molecule has 0 aliphatic carbocycles. The lowest BCUT2D eigenvalue weighted by Gasteiger charge is -2.19. The zero-order valence-corrected chi connectivity index (χ0v) is 16.9. The van der Waals surface area contributed by atoms with E-state index in [0.29, 0.717) is 29.7 Å². The van der Waals surface area contributed by atoms with E-state index in [9.17, 15) is 9.59 Å². The molecule has 0 amide bonds. The number of carbonyl (C=O) groups excluding carboxylic acids is 1. The molecule has 152 valence electrons. The Balaban J connectivity index is 1.80. The number of hydrogen-bond donors (Lipinski definition) is 1. The van der Waals surface area contributed by atoms with Crippen molar-refractivity contribution in [3.63, 3.8) is 0 Å². The number of ether oxygens (including phenoxy) is 1. The number of esters is 1. The molecule has 0 unspecified atom stereocenters. The van der Waals surface area contributed by atoms with Crippen molar-refractivity contribution in [1.29, 1.82) is 0 Å². The van der Waals surface area contributed by atoms with Crippen molar-refractivity contribution in [3.8, 4) is 0 Å². The molecule has 6 nitrogen and oxygen atoms in total. The van der Waals surface area contributed by atoms with E-state index in [0.717, 1.165) is 13.0 Å². The van der Waals surface area contributed by atoms with Crippen molar-refractivity contribution >= 4 is 16.9 Å². The number of benzene rings is 2. The van der Waals surface area contributed by atoms with E-state index in [1.807, 2.05) is 43.3 Å².